The number of hydrogen-bond donors (Lipinski definition) is 0. The number of furan rings is 1. The largest absolute Gasteiger partial charge is 0.456 e. The zero-order chi connectivity index (χ0) is 37.5. The van der Waals surface area contributed by atoms with E-state index in [-0.39, 0.29) is 0 Å². The quantitative estimate of drug-likeness (QED) is 0.176. The summed E-state index contributed by atoms with van der Waals surface area (Å²) in [6, 6.07) is 66.5. The number of thiophene rings is 1. The molecule has 0 atom stereocenters. The Hall–Kier alpha value is -7.34. The summed E-state index contributed by atoms with van der Waals surface area (Å²) >= 11 is 1.76. The highest BCUT2D eigenvalue weighted by atomic mass is 32.1. The lowest BCUT2D eigenvalue weighted by Crippen LogP contribution is -1.95. The monoisotopic (exact) mass is 745 g/mol. The van der Waals surface area contributed by atoms with E-state index in [1.807, 2.05) is 6.07 Å². The fraction of sp³-hybridized carbons (Fsp3) is 0. The van der Waals surface area contributed by atoms with Crippen LogP contribution in [0, 0.1) is 0 Å². The van der Waals surface area contributed by atoms with Crippen LogP contribution in [0.5, 0.6) is 0 Å². The second kappa shape index (κ2) is 12.6. The third-order valence-corrected chi connectivity index (χ3v) is 12.4. The molecule has 0 aliphatic carbocycles. The molecule has 266 valence electrons. The van der Waals surface area contributed by atoms with Gasteiger partial charge in [0.15, 0.2) is 5.82 Å². The normalized spacial score (nSPS) is 11.9. The third kappa shape index (κ3) is 4.99. The van der Waals surface area contributed by atoms with Gasteiger partial charge in [0, 0.05) is 48.4 Å². The molecule has 12 aromatic rings. The maximum absolute atomic E-state index is 6.65. The molecule has 8 aromatic carbocycles. The molecule has 0 amide bonds. The Kier molecular flexibility index (Phi) is 7.06. The third-order valence-electron chi connectivity index (χ3n) is 11.2. The van der Waals surface area contributed by atoms with E-state index in [1.165, 1.54) is 32.1 Å². The van der Waals surface area contributed by atoms with E-state index < -0.39 is 0 Å². The first-order valence-corrected chi connectivity index (χ1v) is 20.0. The summed E-state index contributed by atoms with van der Waals surface area (Å²) in [5.74, 6) is 0.680. The zero-order valence-electron chi connectivity index (χ0n) is 30.6. The van der Waals surface area contributed by atoms with E-state index in [0.717, 1.165) is 76.7 Å². The smallest absolute Gasteiger partial charge is 0.161 e. The predicted molar refractivity (Wildman–Crippen MR) is 238 cm³/mol. The number of para-hydroxylation sites is 2. The summed E-state index contributed by atoms with van der Waals surface area (Å²) in [6.07, 6.45) is 0. The van der Waals surface area contributed by atoms with Crippen LogP contribution in [0.2, 0.25) is 0 Å². The Morgan fingerprint density at radius 1 is 0.439 bits per heavy atom. The van der Waals surface area contributed by atoms with Gasteiger partial charge in [0.2, 0.25) is 0 Å². The highest BCUT2D eigenvalue weighted by molar-refractivity contribution is 7.26. The topological polar surface area (TPSA) is 43.9 Å². The van der Waals surface area contributed by atoms with E-state index in [2.05, 4.69) is 187 Å². The molecule has 0 N–H and O–H groups in total. The van der Waals surface area contributed by atoms with E-state index in [4.69, 9.17) is 14.4 Å². The van der Waals surface area contributed by atoms with E-state index in [9.17, 15) is 0 Å². The lowest BCUT2D eigenvalue weighted by molar-refractivity contribution is 0.669. The maximum atomic E-state index is 6.65. The van der Waals surface area contributed by atoms with Gasteiger partial charge in [0.05, 0.1) is 26.9 Å². The average molecular weight is 746 g/mol. The van der Waals surface area contributed by atoms with Gasteiger partial charge in [-0.3, -0.25) is 0 Å². The molecule has 4 aromatic heterocycles. The molecule has 4 heterocycles. The Bertz CT molecular complexity index is 3520. The van der Waals surface area contributed by atoms with Crippen molar-refractivity contribution in [1.82, 2.24) is 14.5 Å². The van der Waals surface area contributed by atoms with Gasteiger partial charge < -0.3 is 8.98 Å². The van der Waals surface area contributed by atoms with Crippen LogP contribution < -0.4 is 0 Å². The van der Waals surface area contributed by atoms with Crippen LogP contribution in [0.15, 0.2) is 192 Å². The number of aromatic nitrogens is 3. The van der Waals surface area contributed by atoms with Gasteiger partial charge in [-0.15, -0.1) is 11.3 Å². The van der Waals surface area contributed by atoms with E-state index >= 15 is 0 Å². The molecule has 5 heteroatoms. The van der Waals surface area contributed by atoms with Crippen LogP contribution in [0.3, 0.4) is 0 Å². The first-order chi connectivity index (χ1) is 28.3. The molecule has 57 heavy (non-hydrogen) atoms. The summed E-state index contributed by atoms with van der Waals surface area (Å²) in [7, 11) is 0. The van der Waals surface area contributed by atoms with Crippen molar-refractivity contribution >= 4 is 75.4 Å². The van der Waals surface area contributed by atoms with Crippen molar-refractivity contribution in [3.05, 3.63) is 188 Å². The molecule has 12 rings (SSSR count). The summed E-state index contributed by atoms with van der Waals surface area (Å²) in [5.41, 5.74) is 13.7. The Labute approximate surface area is 331 Å². The standard InChI is InChI=1S/C52H31N3OS/c1-3-14-32(15-4-1)36-18-7-8-19-37(36)33-26-28-39-46(31-33)56-45-24-13-22-41(48(39)45)52-53-49(51-50(54-52)40-21-10-12-25-47(40)57-51)34-27-29-44-42(30-34)38-20-9-11-23-43(38)55(44)35-16-5-2-6-17-35/h1-31H. The van der Waals surface area contributed by atoms with Gasteiger partial charge in [0.25, 0.3) is 0 Å². The van der Waals surface area contributed by atoms with Crippen molar-refractivity contribution in [2.45, 2.75) is 0 Å². The molecular formula is C52H31N3OS. The Morgan fingerprint density at radius 3 is 1.98 bits per heavy atom. The molecule has 0 saturated heterocycles. The van der Waals surface area contributed by atoms with E-state index in [1.54, 1.807) is 11.3 Å². The SMILES string of the molecule is c1ccc(-c2ccccc2-c2ccc3c(c2)oc2cccc(-c4nc(-c5ccc6c(c5)c5ccccc5n6-c5ccccc5)c5sc6ccccc6c5n4)c23)cc1. The van der Waals surface area contributed by atoms with Gasteiger partial charge in [-0.25, -0.2) is 9.97 Å². The molecule has 0 saturated carbocycles. The molecule has 0 spiro atoms. The number of hydrogen-bond acceptors (Lipinski definition) is 4. The van der Waals surface area contributed by atoms with Crippen LogP contribution in [0.4, 0.5) is 0 Å². The minimum atomic E-state index is 0.680. The lowest BCUT2D eigenvalue weighted by Gasteiger charge is -2.10. The number of fused-ring (bicyclic) bond motifs is 9. The maximum Gasteiger partial charge on any atom is 0.161 e. The molecule has 0 aliphatic rings. The zero-order valence-corrected chi connectivity index (χ0v) is 31.4. The minimum Gasteiger partial charge on any atom is -0.456 e. The van der Waals surface area contributed by atoms with Crippen LogP contribution in [0.25, 0.3) is 115 Å². The van der Waals surface area contributed by atoms with Crippen molar-refractivity contribution < 1.29 is 4.42 Å². The summed E-state index contributed by atoms with van der Waals surface area (Å²) in [5, 5.41) is 5.59. The fourth-order valence-electron chi connectivity index (χ4n) is 8.67. The molecular weight excluding hydrogens is 715 g/mol. The van der Waals surface area contributed by atoms with Crippen molar-refractivity contribution in [3.63, 3.8) is 0 Å². The molecule has 4 nitrogen and oxygen atoms in total. The number of benzene rings is 8. The molecule has 0 aliphatic heterocycles. The molecule has 0 fully saturated rings. The lowest BCUT2D eigenvalue weighted by atomic mass is 9.94. The van der Waals surface area contributed by atoms with Gasteiger partial charge in [-0.1, -0.05) is 133 Å². The highest BCUT2D eigenvalue weighted by Gasteiger charge is 2.22. The molecule has 0 unspecified atom stereocenters. The van der Waals surface area contributed by atoms with Gasteiger partial charge in [-0.2, -0.15) is 0 Å². The van der Waals surface area contributed by atoms with Crippen LogP contribution in [-0.4, -0.2) is 14.5 Å². The minimum absolute atomic E-state index is 0.680. The first-order valence-electron chi connectivity index (χ1n) is 19.2. The van der Waals surface area contributed by atoms with Crippen molar-refractivity contribution in [2.75, 3.05) is 0 Å². The fourth-order valence-corrected chi connectivity index (χ4v) is 9.82. The second-order valence-corrected chi connectivity index (χ2v) is 15.5. The van der Waals surface area contributed by atoms with Crippen molar-refractivity contribution in [3.8, 4) is 50.6 Å². The second-order valence-electron chi connectivity index (χ2n) is 14.5. The summed E-state index contributed by atoms with van der Waals surface area (Å²) in [6.45, 7) is 0. The van der Waals surface area contributed by atoms with E-state index in [0.29, 0.717) is 5.82 Å². The molecule has 0 radical (unpaired) electrons. The van der Waals surface area contributed by atoms with Crippen molar-refractivity contribution in [1.29, 1.82) is 0 Å². The van der Waals surface area contributed by atoms with Crippen molar-refractivity contribution in [2.24, 2.45) is 0 Å². The average Bonchev–Trinajstić information content (AvgIpc) is 3.96. The molecule has 0 bridgehead atoms. The summed E-state index contributed by atoms with van der Waals surface area (Å²) in [4.78, 5) is 10.9. The first kappa shape index (κ1) is 32.0. The number of rotatable bonds is 5. The van der Waals surface area contributed by atoms with Crippen LogP contribution >= 0.6 is 11.3 Å². The predicted octanol–water partition coefficient (Wildman–Crippen LogP) is 14.5. The van der Waals surface area contributed by atoms with Crippen LogP contribution in [-0.2, 0) is 0 Å². The van der Waals surface area contributed by atoms with Gasteiger partial charge in [-0.05, 0) is 76.9 Å². The van der Waals surface area contributed by atoms with Crippen LogP contribution in [0.1, 0.15) is 0 Å². The van der Waals surface area contributed by atoms with Gasteiger partial charge in [0.1, 0.15) is 11.2 Å². The highest BCUT2D eigenvalue weighted by Crippen LogP contribution is 2.44. The Balaban J connectivity index is 1.07. The van der Waals surface area contributed by atoms with Gasteiger partial charge >= 0.3 is 0 Å². The summed E-state index contributed by atoms with van der Waals surface area (Å²) < 4.78 is 11.3. The number of nitrogens with zero attached hydrogens (tertiary/aromatic N) is 3. The Morgan fingerprint density at radius 2 is 1.12 bits per heavy atom.